The number of halogens is 1. The molecule has 2 N–H and O–H groups in total. The molecule has 1 unspecified atom stereocenters. The summed E-state index contributed by atoms with van der Waals surface area (Å²) in [4.78, 5) is 18.3. The van der Waals surface area contributed by atoms with E-state index in [0.717, 1.165) is 28.4 Å². The zero-order chi connectivity index (χ0) is 19.9. The van der Waals surface area contributed by atoms with E-state index >= 15 is 0 Å². The van der Waals surface area contributed by atoms with Crippen molar-refractivity contribution in [1.82, 2.24) is 10.6 Å². The molecule has 0 fully saturated rings. The van der Waals surface area contributed by atoms with Crippen LogP contribution in [0, 0.1) is 0 Å². The molecule has 1 amide bonds. The Hall–Kier alpha value is -2.73. The van der Waals surface area contributed by atoms with Crippen LogP contribution in [-0.4, -0.2) is 38.6 Å². The Bertz CT molecular complexity index is 856. The van der Waals surface area contributed by atoms with Crippen molar-refractivity contribution in [3.8, 4) is 5.75 Å². The van der Waals surface area contributed by atoms with Crippen molar-refractivity contribution >= 4 is 29.2 Å². The van der Waals surface area contributed by atoms with Gasteiger partial charge in [0.25, 0.3) is 5.91 Å². The first-order valence-corrected chi connectivity index (χ1v) is 9.71. The van der Waals surface area contributed by atoms with Crippen LogP contribution in [0.25, 0.3) is 0 Å². The molecule has 28 heavy (non-hydrogen) atoms. The molecule has 0 saturated heterocycles. The van der Waals surface area contributed by atoms with Crippen LogP contribution in [0.4, 0.5) is 5.69 Å². The minimum atomic E-state index is -0.0199. The summed E-state index contributed by atoms with van der Waals surface area (Å²) in [5, 5.41) is 7.36. The normalized spacial score (nSPS) is 14.9. The third kappa shape index (κ3) is 4.75. The molecule has 2 aromatic carbocycles. The van der Waals surface area contributed by atoms with E-state index in [4.69, 9.17) is 16.3 Å². The second-order valence-electron chi connectivity index (χ2n) is 6.54. The van der Waals surface area contributed by atoms with Crippen LogP contribution in [0.1, 0.15) is 24.9 Å². The number of hydrogen-bond acceptors (Lipinski definition) is 3. The Morgan fingerprint density at radius 3 is 2.79 bits per heavy atom. The molecular weight excluding hydrogens is 376 g/mol. The van der Waals surface area contributed by atoms with Gasteiger partial charge in [-0.25, -0.2) is 0 Å². The van der Waals surface area contributed by atoms with E-state index in [2.05, 4.69) is 15.6 Å². The highest BCUT2D eigenvalue weighted by molar-refractivity contribution is 6.31. The van der Waals surface area contributed by atoms with Crippen LogP contribution in [-0.2, 0) is 4.79 Å². The van der Waals surface area contributed by atoms with Gasteiger partial charge in [0.1, 0.15) is 5.75 Å². The van der Waals surface area contributed by atoms with Gasteiger partial charge in [-0.2, -0.15) is 0 Å². The highest BCUT2D eigenvalue weighted by atomic mass is 35.5. The van der Waals surface area contributed by atoms with E-state index in [1.54, 1.807) is 11.9 Å². The molecule has 0 aliphatic carbocycles. The predicted octanol–water partition coefficient (Wildman–Crippen LogP) is 3.38. The number of para-hydroxylation sites is 2. The lowest BCUT2D eigenvalue weighted by atomic mass is 10.1. The zero-order valence-electron chi connectivity index (χ0n) is 16.1. The van der Waals surface area contributed by atoms with Gasteiger partial charge >= 0.3 is 0 Å². The van der Waals surface area contributed by atoms with E-state index in [9.17, 15) is 4.79 Å². The Morgan fingerprint density at radius 1 is 1.25 bits per heavy atom. The molecule has 7 heteroatoms. The Labute approximate surface area is 170 Å². The highest BCUT2D eigenvalue weighted by Crippen LogP contribution is 2.31. The summed E-state index contributed by atoms with van der Waals surface area (Å²) >= 11 is 6.27. The van der Waals surface area contributed by atoms with Crippen molar-refractivity contribution in [3.63, 3.8) is 0 Å². The monoisotopic (exact) mass is 400 g/mol. The fraction of sp³-hybridized carbons (Fsp3) is 0.333. The molecule has 0 spiro atoms. The van der Waals surface area contributed by atoms with Crippen LogP contribution in [0.2, 0.25) is 5.02 Å². The van der Waals surface area contributed by atoms with E-state index in [1.807, 2.05) is 55.5 Å². The molecule has 148 valence electrons. The first kappa shape index (κ1) is 20.0. The van der Waals surface area contributed by atoms with Crippen LogP contribution >= 0.6 is 11.6 Å². The van der Waals surface area contributed by atoms with Gasteiger partial charge in [-0.05, 0) is 37.1 Å². The number of anilines is 1. The minimum Gasteiger partial charge on any atom is -0.482 e. The molecule has 0 saturated carbocycles. The summed E-state index contributed by atoms with van der Waals surface area (Å²) in [6, 6.07) is 15.4. The Morgan fingerprint density at radius 2 is 2.00 bits per heavy atom. The number of amides is 1. The van der Waals surface area contributed by atoms with Gasteiger partial charge in [0.2, 0.25) is 0 Å². The maximum absolute atomic E-state index is 12.2. The van der Waals surface area contributed by atoms with Crippen molar-refractivity contribution in [1.29, 1.82) is 0 Å². The number of nitrogens with one attached hydrogen (secondary N) is 2. The maximum Gasteiger partial charge on any atom is 0.265 e. The lowest BCUT2D eigenvalue weighted by molar-refractivity contribution is -0.121. The summed E-state index contributed by atoms with van der Waals surface area (Å²) in [5.74, 6) is 1.43. The van der Waals surface area contributed by atoms with E-state index in [1.165, 1.54) is 0 Å². The van der Waals surface area contributed by atoms with Crippen molar-refractivity contribution in [2.45, 2.75) is 19.4 Å². The summed E-state index contributed by atoms with van der Waals surface area (Å²) in [7, 11) is 1.73. The number of carbonyl (C=O) groups is 1. The lowest BCUT2D eigenvalue weighted by Gasteiger charge is -2.29. The summed E-state index contributed by atoms with van der Waals surface area (Å²) < 4.78 is 5.48. The Balaban J connectivity index is 1.50. The number of guanidine groups is 1. The third-order valence-electron chi connectivity index (χ3n) is 4.61. The Kier molecular flexibility index (Phi) is 6.76. The van der Waals surface area contributed by atoms with Crippen molar-refractivity contribution in [3.05, 3.63) is 59.1 Å². The average Bonchev–Trinajstić information content (AvgIpc) is 2.71. The van der Waals surface area contributed by atoms with Crippen LogP contribution < -0.4 is 20.3 Å². The van der Waals surface area contributed by atoms with E-state index in [0.29, 0.717) is 19.0 Å². The van der Waals surface area contributed by atoms with Crippen LogP contribution in [0.5, 0.6) is 5.75 Å². The number of hydrogen-bond donors (Lipinski definition) is 2. The second kappa shape index (κ2) is 9.46. The zero-order valence-corrected chi connectivity index (χ0v) is 16.9. The molecule has 1 aliphatic rings. The number of nitrogens with zero attached hydrogens (tertiary/aromatic N) is 2. The molecule has 0 aromatic heterocycles. The molecule has 3 rings (SSSR count). The lowest BCUT2D eigenvalue weighted by Crippen LogP contribution is -2.42. The topological polar surface area (TPSA) is 66.0 Å². The van der Waals surface area contributed by atoms with Gasteiger partial charge in [0, 0.05) is 25.2 Å². The van der Waals surface area contributed by atoms with Crippen molar-refractivity contribution < 1.29 is 9.53 Å². The first-order valence-electron chi connectivity index (χ1n) is 9.34. The van der Waals surface area contributed by atoms with Gasteiger partial charge in [0.15, 0.2) is 12.6 Å². The summed E-state index contributed by atoms with van der Waals surface area (Å²) in [5.41, 5.74) is 1.84. The predicted molar refractivity (Wildman–Crippen MR) is 113 cm³/mol. The largest absolute Gasteiger partial charge is 0.482 e. The molecule has 0 radical (unpaired) electrons. The fourth-order valence-corrected chi connectivity index (χ4v) is 3.45. The van der Waals surface area contributed by atoms with Gasteiger partial charge in [0.05, 0.1) is 11.7 Å². The average molecular weight is 401 g/mol. The van der Waals surface area contributed by atoms with E-state index in [-0.39, 0.29) is 18.6 Å². The van der Waals surface area contributed by atoms with Gasteiger partial charge < -0.3 is 20.3 Å². The number of carbonyl (C=O) groups excluding carboxylic acids is 1. The minimum absolute atomic E-state index is 0.0199. The second-order valence-corrected chi connectivity index (χ2v) is 6.95. The number of aliphatic imine (C=N–C) groups is 1. The van der Waals surface area contributed by atoms with Crippen molar-refractivity contribution in [2.24, 2.45) is 4.99 Å². The fourth-order valence-electron chi connectivity index (χ4n) is 3.15. The smallest absolute Gasteiger partial charge is 0.265 e. The van der Waals surface area contributed by atoms with Gasteiger partial charge in [-0.1, -0.05) is 41.9 Å². The molecule has 1 atom stereocenters. The quantitative estimate of drug-likeness (QED) is 0.443. The van der Waals surface area contributed by atoms with E-state index < -0.39 is 0 Å². The van der Waals surface area contributed by atoms with Crippen LogP contribution in [0.15, 0.2) is 53.5 Å². The van der Waals surface area contributed by atoms with Crippen LogP contribution in [0.3, 0.4) is 0 Å². The standard InChI is InChI=1S/C21H25ClN4O2/c1-15(16-8-3-4-9-17(16)22)25-21(23-2)24-12-7-13-26-18-10-5-6-11-19(18)28-14-20(26)27/h3-6,8-11,15H,7,12-14H2,1-2H3,(H2,23,24,25). The number of fused-ring (bicyclic) bond motifs is 1. The maximum atomic E-state index is 12.2. The highest BCUT2D eigenvalue weighted by Gasteiger charge is 2.24. The first-order chi connectivity index (χ1) is 13.6. The molecule has 1 aliphatic heterocycles. The number of rotatable bonds is 6. The van der Waals surface area contributed by atoms with Gasteiger partial charge in [-0.15, -0.1) is 0 Å². The number of benzene rings is 2. The SMILES string of the molecule is CN=C(NCCCN1C(=O)COc2ccccc21)NC(C)c1ccccc1Cl. The molecule has 6 nitrogen and oxygen atoms in total. The summed E-state index contributed by atoms with van der Waals surface area (Å²) in [6.07, 6.45) is 0.779. The molecule has 1 heterocycles. The molecular formula is C21H25ClN4O2. The third-order valence-corrected chi connectivity index (χ3v) is 4.95. The molecule has 2 aromatic rings. The number of ether oxygens (including phenoxy) is 1. The van der Waals surface area contributed by atoms with Crippen molar-refractivity contribution in [2.75, 3.05) is 31.6 Å². The summed E-state index contributed by atoms with van der Waals surface area (Å²) in [6.45, 7) is 3.42. The molecule has 0 bridgehead atoms. The van der Waals surface area contributed by atoms with Gasteiger partial charge in [-0.3, -0.25) is 9.79 Å².